The van der Waals surface area contributed by atoms with Gasteiger partial charge in [0.05, 0.1) is 28.9 Å². The molecule has 3 rings (SSSR count). The first-order valence-electron chi connectivity index (χ1n) is 9.34. The first-order valence-corrected chi connectivity index (χ1v) is 10.8. The fraction of sp³-hybridized carbons (Fsp3) is 0.286. The van der Waals surface area contributed by atoms with Crippen LogP contribution in [-0.2, 0) is 10.0 Å². The summed E-state index contributed by atoms with van der Waals surface area (Å²) in [7, 11) is -3.84. The standard InChI is InChI=1S/C21H25N5O3S/c1-13-5-6-16(30(28,29)26-21(3,4)12-27)10-17(13)18-11-24-20(22)19(25-18)15-7-8-23-14(2)9-15/h5-11,26-27H,12H2,1-4H3,(H2,22,24). The van der Waals surface area contributed by atoms with Crippen LogP contribution in [0.25, 0.3) is 22.5 Å². The minimum Gasteiger partial charge on any atom is -0.394 e. The first kappa shape index (κ1) is 21.8. The SMILES string of the molecule is Cc1cc(-c2nc(-c3cc(S(=O)(=O)NC(C)(C)CO)ccc3C)cnc2N)ccn1. The van der Waals surface area contributed by atoms with Gasteiger partial charge in [-0.05, 0) is 57.5 Å². The van der Waals surface area contributed by atoms with Gasteiger partial charge in [0.25, 0.3) is 0 Å². The van der Waals surface area contributed by atoms with Gasteiger partial charge in [-0.15, -0.1) is 0 Å². The number of sulfonamides is 1. The average molecular weight is 428 g/mol. The molecule has 0 unspecified atom stereocenters. The predicted molar refractivity (Wildman–Crippen MR) is 116 cm³/mol. The number of pyridine rings is 1. The predicted octanol–water partition coefficient (Wildman–Crippen LogP) is 2.45. The molecule has 9 heteroatoms. The number of benzene rings is 1. The number of hydrogen-bond acceptors (Lipinski definition) is 7. The first-order chi connectivity index (χ1) is 14.0. The molecule has 8 nitrogen and oxygen atoms in total. The molecule has 0 bridgehead atoms. The highest BCUT2D eigenvalue weighted by Crippen LogP contribution is 2.29. The summed E-state index contributed by atoms with van der Waals surface area (Å²) in [5.74, 6) is 0.275. The Morgan fingerprint density at radius 1 is 1.13 bits per heavy atom. The summed E-state index contributed by atoms with van der Waals surface area (Å²) in [5, 5.41) is 9.40. The topological polar surface area (TPSA) is 131 Å². The van der Waals surface area contributed by atoms with Gasteiger partial charge in [-0.3, -0.25) is 4.98 Å². The van der Waals surface area contributed by atoms with Crippen molar-refractivity contribution in [3.63, 3.8) is 0 Å². The van der Waals surface area contributed by atoms with E-state index in [1.54, 1.807) is 38.2 Å². The monoisotopic (exact) mass is 427 g/mol. The maximum absolute atomic E-state index is 12.8. The second-order valence-corrected chi connectivity index (χ2v) is 9.48. The molecule has 2 aromatic heterocycles. The molecule has 30 heavy (non-hydrogen) atoms. The van der Waals surface area contributed by atoms with Gasteiger partial charge in [0.1, 0.15) is 11.5 Å². The zero-order valence-corrected chi connectivity index (χ0v) is 18.2. The lowest BCUT2D eigenvalue weighted by molar-refractivity contribution is 0.208. The van der Waals surface area contributed by atoms with E-state index in [4.69, 9.17) is 5.73 Å². The Labute approximate surface area is 176 Å². The van der Waals surface area contributed by atoms with E-state index in [-0.39, 0.29) is 17.3 Å². The van der Waals surface area contributed by atoms with Crippen molar-refractivity contribution in [2.24, 2.45) is 0 Å². The van der Waals surface area contributed by atoms with Gasteiger partial charge in [-0.25, -0.2) is 23.1 Å². The van der Waals surface area contributed by atoms with Crippen molar-refractivity contribution in [2.45, 2.75) is 38.1 Å². The number of nitrogen functional groups attached to an aromatic ring is 1. The fourth-order valence-corrected chi connectivity index (χ4v) is 4.36. The molecule has 0 fully saturated rings. The molecule has 0 amide bonds. The Bertz CT molecular complexity index is 1190. The van der Waals surface area contributed by atoms with E-state index in [0.717, 1.165) is 16.8 Å². The summed E-state index contributed by atoms with van der Waals surface area (Å²) in [5.41, 5.74) is 9.13. The maximum Gasteiger partial charge on any atom is 0.241 e. The molecule has 0 spiro atoms. The average Bonchev–Trinajstić information content (AvgIpc) is 2.68. The molecule has 3 aromatic rings. The Kier molecular flexibility index (Phi) is 5.89. The van der Waals surface area contributed by atoms with E-state index in [0.29, 0.717) is 17.0 Å². The number of nitrogens with zero attached hydrogens (tertiary/aromatic N) is 3. The van der Waals surface area contributed by atoms with Crippen molar-refractivity contribution in [2.75, 3.05) is 12.3 Å². The lowest BCUT2D eigenvalue weighted by atomic mass is 10.1. The van der Waals surface area contributed by atoms with Crippen molar-refractivity contribution < 1.29 is 13.5 Å². The zero-order valence-electron chi connectivity index (χ0n) is 17.3. The number of nitrogens with two attached hydrogens (primary N) is 1. The molecule has 0 aliphatic heterocycles. The Balaban J connectivity index is 2.09. The molecule has 2 heterocycles. The highest BCUT2D eigenvalue weighted by Gasteiger charge is 2.26. The van der Waals surface area contributed by atoms with Crippen molar-refractivity contribution in [1.29, 1.82) is 0 Å². The minimum absolute atomic E-state index is 0.0737. The smallest absolute Gasteiger partial charge is 0.241 e. The van der Waals surface area contributed by atoms with Gasteiger partial charge >= 0.3 is 0 Å². The summed E-state index contributed by atoms with van der Waals surface area (Å²) < 4.78 is 28.1. The van der Waals surface area contributed by atoms with Crippen LogP contribution in [0.5, 0.6) is 0 Å². The van der Waals surface area contributed by atoms with Gasteiger partial charge in [0, 0.05) is 23.0 Å². The minimum atomic E-state index is -3.84. The van der Waals surface area contributed by atoms with Crippen LogP contribution in [0.2, 0.25) is 0 Å². The largest absolute Gasteiger partial charge is 0.394 e. The number of anilines is 1. The Hall–Kier alpha value is -2.88. The molecule has 1 aromatic carbocycles. The molecule has 0 atom stereocenters. The summed E-state index contributed by atoms with van der Waals surface area (Å²) in [6, 6.07) is 8.44. The molecule has 0 saturated heterocycles. The quantitative estimate of drug-likeness (QED) is 0.550. The third-order valence-electron chi connectivity index (χ3n) is 4.57. The van der Waals surface area contributed by atoms with Crippen LogP contribution in [0.15, 0.2) is 47.6 Å². The van der Waals surface area contributed by atoms with Crippen molar-refractivity contribution in [3.8, 4) is 22.5 Å². The van der Waals surface area contributed by atoms with Gasteiger partial charge < -0.3 is 10.8 Å². The van der Waals surface area contributed by atoms with Gasteiger partial charge in [-0.2, -0.15) is 0 Å². The molecule has 0 saturated carbocycles. The van der Waals surface area contributed by atoms with Crippen molar-refractivity contribution in [3.05, 3.63) is 54.0 Å². The lowest BCUT2D eigenvalue weighted by Gasteiger charge is -2.23. The normalized spacial score (nSPS) is 12.2. The maximum atomic E-state index is 12.8. The van der Waals surface area contributed by atoms with E-state index in [9.17, 15) is 13.5 Å². The zero-order chi connectivity index (χ0) is 22.1. The third-order valence-corrected chi connectivity index (χ3v) is 6.27. The molecule has 4 N–H and O–H groups in total. The Morgan fingerprint density at radius 2 is 1.87 bits per heavy atom. The Morgan fingerprint density at radius 3 is 2.53 bits per heavy atom. The van der Waals surface area contributed by atoms with E-state index < -0.39 is 15.6 Å². The number of hydrogen-bond donors (Lipinski definition) is 3. The van der Waals surface area contributed by atoms with Crippen LogP contribution in [0.1, 0.15) is 25.1 Å². The van der Waals surface area contributed by atoms with Crippen LogP contribution >= 0.6 is 0 Å². The van der Waals surface area contributed by atoms with Crippen LogP contribution in [0, 0.1) is 13.8 Å². The number of aliphatic hydroxyl groups excluding tert-OH is 1. The van der Waals surface area contributed by atoms with E-state index in [2.05, 4.69) is 19.7 Å². The number of aliphatic hydroxyl groups is 1. The second-order valence-electron chi connectivity index (χ2n) is 7.80. The van der Waals surface area contributed by atoms with Crippen LogP contribution in [0.3, 0.4) is 0 Å². The second kappa shape index (κ2) is 8.10. The van der Waals surface area contributed by atoms with Crippen LogP contribution in [0.4, 0.5) is 5.82 Å². The molecule has 0 aliphatic rings. The highest BCUT2D eigenvalue weighted by molar-refractivity contribution is 7.89. The van der Waals surface area contributed by atoms with E-state index in [1.807, 2.05) is 19.9 Å². The molecular weight excluding hydrogens is 402 g/mol. The van der Waals surface area contributed by atoms with Crippen LogP contribution < -0.4 is 10.5 Å². The molecule has 0 aliphatic carbocycles. The number of nitrogens with one attached hydrogen (secondary N) is 1. The number of aryl methyl sites for hydroxylation is 2. The summed E-state index contributed by atoms with van der Waals surface area (Å²) >= 11 is 0. The summed E-state index contributed by atoms with van der Waals surface area (Å²) in [4.78, 5) is 13.2. The highest BCUT2D eigenvalue weighted by atomic mass is 32.2. The summed E-state index contributed by atoms with van der Waals surface area (Å²) in [6.07, 6.45) is 3.20. The van der Waals surface area contributed by atoms with Gasteiger partial charge in [0.15, 0.2) is 0 Å². The fourth-order valence-electron chi connectivity index (χ4n) is 2.93. The number of rotatable bonds is 6. The van der Waals surface area contributed by atoms with Crippen LogP contribution in [-0.4, -0.2) is 40.6 Å². The van der Waals surface area contributed by atoms with Crippen molar-refractivity contribution in [1.82, 2.24) is 19.7 Å². The lowest BCUT2D eigenvalue weighted by Crippen LogP contribution is -2.46. The van der Waals surface area contributed by atoms with Crippen molar-refractivity contribution >= 4 is 15.8 Å². The third kappa shape index (κ3) is 4.64. The molecular formula is C21H25N5O3S. The summed E-state index contributed by atoms with van der Waals surface area (Å²) in [6.45, 7) is 6.62. The van der Waals surface area contributed by atoms with Gasteiger partial charge in [-0.1, -0.05) is 6.07 Å². The van der Waals surface area contributed by atoms with E-state index >= 15 is 0 Å². The molecule has 158 valence electrons. The number of aromatic nitrogens is 3. The van der Waals surface area contributed by atoms with E-state index in [1.165, 1.54) is 12.3 Å². The van der Waals surface area contributed by atoms with Gasteiger partial charge in [0.2, 0.25) is 10.0 Å². The molecule has 0 radical (unpaired) electrons.